The van der Waals surface area contributed by atoms with Gasteiger partial charge in [-0.05, 0) is 64.7 Å². The molecular formula is C25H29N3O4S2. The third kappa shape index (κ3) is 5.60. The highest BCUT2D eigenvalue weighted by Gasteiger charge is 2.26. The summed E-state index contributed by atoms with van der Waals surface area (Å²) in [5, 5.41) is 4.21. The summed E-state index contributed by atoms with van der Waals surface area (Å²) in [6.45, 7) is 5.66. The molecule has 0 spiro atoms. The van der Waals surface area contributed by atoms with Crippen LogP contribution < -0.4 is 9.46 Å². The number of ether oxygens (including phenoxy) is 1. The van der Waals surface area contributed by atoms with Gasteiger partial charge in [-0.25, -0.2) is 8.42 Å². The van der Waals surface area contributed by atoms with Gasteiger partial charge in [0.15, 0.2) is 0 Å². The number of benzene rings is 2. The molecule has 1 aromatic heterocycles. The van der Waals surface area contributed by atoms with E-state index in [0.29, 0.717) is 24.3 Å². The summed E-state index contributed by atoms with van der Waals surface area (Å²) in [5.41, 5.74) is 3.18. The van der Waals surface area contributed by atoms with Gasteiger partial charge in [0, 0.05) is 44.0 Å². The number of hydrogen-bond donors (Lipinski definition) is 1. The number of piperazine rings is 1. The number of rotatable bonds is 8. The van der Waals surface area contributed by atoms with Crippen LogP contribution in [0.15, 0.2) is 64.2 Å². The van der Waals surface area contributed by atoms with E-state index in [4.69, 9.17) is 4.74 Å². The third-order valence-corrected chi connectivity index (χ3v) is 8.09. The molecule has 1 fully saturated rings. The van der Waals surface area contributed by atoms with Crippen molar-refractivity contribution in [2.24, 2.45) is 0 Å². The molecule has 0 atom stereocenters. The molecule has 7 nitrogen and oxygen atoms in total. The van der Waals surface area contributed by atoms with Crippen molar-refractivity contribution in [2.75, 3.05) is 38.0 Å². The molecule has 34 heavy (non-hydrogen) atoms. The summed E-state index contributed by atoms with van der Waals surface area (Å²) in [6.07, 6.45) is 0.868. The van der Waals surface area contributed by atoms with Gasteiger partial charge in [0.1, 0.15) is 10.6 Å². The highest BCUT2D eigenvalue weighted by atomic mass is 32.2. The monoisotopic (exact) mass is 499 g/mol. The van der Waals surface area contributed by atoms with Gasteiger partial charge in [0.05, 0.1) is 7.11 Å². The largest absolute Gasteiger partial charge is 0.495 e. The SMILES string of the molecule is CCc1ccc(NS(=O)(=O)c2cc(C(=O)N3CCN(Cc4ccsc4)CC3)ccc2OC)cc1. The van der Waals surface area contributed by atoms with Crippen LogP contribution in [-0.4, -0.2) is 57.4 Å². The average molecular weight is 500 g/mol. The lowest BCUT2D eigenvalue weighted by Gasteiger charge is -2.34. The van der Waals surface area contributed by atoms with Crippen molar-refractivity contribution in [1.82, 2.24) is 9.80 Å². The maximum Gasteiger partial charge on any atom is 0.265 e. The number of sulfonamides is 1. The van der Waals surface area contributed by atoms with Gasteiger partial charge in [-0.2, -0.15) is 11.3 Å². The summed E-state index contributed by atoms with van der Waals surface area (Å²) < 4.78 is 34.2. The number of methoxy groups -OCH3 is 1. The average Bonchev–Trinajstić information content (AvgIpc) is 3.37. The van der Waals surface area contributed by atoms with Crippen molar-refractivity contribution in [3.8, 4) is 5.75 Å². The minimum absolute atomic E-state index is 0.0588. The van der Waals surface area contributed by atoms with Crippen molar-refractivity contribution in [3.05, 3.63) is 76.0 Å². The molecule has 1 aliphatic heterocycles. The van der Waals surface area contributed by atoms with Crippen molar-refractivity contribution in [1.29, 1.82) is 0 Å². The highest BCUT2D eigenvalue weighted by molar-refractivity contribution is 7.92. The second-order valence-corrected chi connectivity index (χ2v) is 10.7. The molecule has 4 rings (SSSR count). The molecule has 3 aromatic rings. The first-order valence-corrected chi connectivity index (χ1v) is 13.6. The topological polar surface area (TPSA) is 79.0 Å². The molecule has 1 amide bonds. The fraction of sp³-hybridized carbons (Fsp3) is 0.320. The second-order valence-electron chi connectivity index (χ2n) is 8.22. The number of nitrogens with zero attached hydrogens (tertiary/aromatic N) is 2. The molecule has 1 aliphatic rings. The molecule has 1 saturated heterocycles. The van der Waals surface area contributed by atoms with Gasteiger partial charge in [0.2, 0.25) is 0 Å². The van der Waals surface area contributed by atoms with E-state index in [1.807, 2.05) is 19.1 Å². The van der Waals surface area contributed by atoms with E-state index in [1.54, 1.807) is 34.4 Å². The van der Waals surface area contributed by atoms with E-state index in [0.717, 1.165) is 31.6 Å². The molecule has 0 bridgehead atoms. The van der Waals surface area contributed by atoms with E-state index >= 15 is 0 Å². The summed E-state index contributed by atoms with van der Waals surface area (Å²) in [7, 11) is -2.54. The van der Waals surface area contributed by atoms with E-state index in [9.17, 15) is 13.2 Å². The zero-order valence-corrected chi connectivity index (χ0v) is 21.0. The quantitative estimate of drug-likeness (QED) is 0.505. The fourth-order valence-corrected chi connectivity index (χ4v) is 5.89. The van der Waals surface area contributed by atoms with E-state index < -0.39 is 10.0 Å². The number of carbonyl (C=O) groups is 1. The molecule has 9 heteroatoms. The molecule has 2 aromatic carbocycles. The first-order valence-electron chi connectivity index (χ1n) is 11.2. The van der Waals surface area contributed by atoms with E-state index in [-0.39, 0.29) is 16.6 Å². The van der Waals surface area contributed by atoms with E-state index in [2.05, 4.69) is 26.4 Å². The van der Waals surface area contributed by atoms with Crippen LogP contribution in [0.25, 0.3) is 0 Å². The van der Waals surface area contributed by atoms with Crippen LogP contribution >= 0.6 is 11.3 Å². The first-order chi connectivity index (χ1) is 16.4. The van der Waals surface area contributed by atoms with Gasteiger partial charge in [-0.3, -0.25) is 14.4 Å². The molecule has 0 unspecified atom stereocenters. The number of thiophene rings is 1. The van der Waals surface area contributed by atoms with E-state index in [1.165, 1.54) is 24.8 Å². The zero-order chi connectivity index (χ0) is 24.1. The summed E-state index contributed by atoms with van der Waals surface area (Å²) in [5.74, 6) is 0.0106. The Morgan fingerprint density at radius 2 is 1.76 bits per heavy atom. The van der Waals surface area contributed by atoms with Crippen molar-refractivity contribution in [3.63, 3.8) is 0 Å². The van der Waals surface area contributed by atoms with Crippen LogP contribution in [0, 0.1) is 0 Å². The van der Waals surface area contributed by atoms with Crippen LogP contribution in [0.5, 0.6) is 5.75 Å². The van der Waals surface area contributed by atoms with Gasteiger partial charge < -0.3 is 9.64 Å². The van der Waals surface area contributed by atoms with Crippen LogP contribution in [0.2, 0.25) is 0 Å². The smallest absolute Gasteiger partial charge is 0.265 e. The Labute approximate surface area is 205 Å². The maximum absolute atomic E-state index is 13.2. The third-order valence-electron chi connectivity index (χ3n) is 5.96. The molecular weight excluding hydrogens is 470 g/mol. The predicted molar refractivity (Wildman–Crippen MR) is 135 cm³/mol. The number of anilines is 1. The summed E-state index contributed by atoms with van der Waals surface area (Å²) in [4.78, 5) is 17.2. The van der Waals surface area contributed by atoms with Crippen LogP contribution in [0.4, 0.5) is 5.69 Å². The summed E-state index contributed by atoms with van der Waals surface area (Å²) in [6, 6.07) is 13.9. The van der Waals surface area contributed by atoms with Gasteiger partial charge in [-0.15, -0.1) is 0 Å². The number of aryl methyl sites for hydroxylation is 1. The Morgan fingerprint density at radius 3 is 2.38 bits per heavy atom. The summed E-state index contributed by atoms with van der Waals surface area (Å²) >= 11 is 1.68. The zero-order valence-electron chi connectivity index (χ0n) is 19.4. The Kier molecular flexibility index (Phi) is 7.55. The number of carbonyl (C=O) groups excluding carboxylic acids is 1. The van der Waals surface area contributed by atoms with Gasteiger partial charge >= 0.3 is 0 Å². The standard InChI is InChI=1S/C25H29N3O4S2/c1-3-19-4-7-22(8-5-19)26-34(30,31)24-16-21(6-9-23(24)32-2)25(29)28-13-11-27(12-14-28)17-20-10-15-33-18-20/h4-10,15-16,18,26H,3,11-14,17H2,1-2H3. The molecule has 0 aliphatic carbocycles. The Bertz CT molecular complexity index is 1220. The minimum atomic E-state index is -3.95. The number of nitrogens with one attached hydrogen (secondary N) is 1. The Hall–Kier alpha value is -2.88. The van der Waals surface area contributed by atoms with Gasteiger partial charge in [0.25, 0.3) is 15.9 Å². The predicted octanol–water partition coefficient (Wildman–Crippen LogP) is 4.08. The van der Waals surface area contributed by atoms with Crippen LogP contribution in [0.1, 0.15) is 28.4 Å². The molecule has 2 heterocycles. The van der Waals surface area contributed by atoms with Gasteiger partial charge in [-0.1, -0.05) is 19.1 Å². The lowest BCUT2D eigenvalue weighted by molar-refractivity contribution is 0.0628. The molecule has 0 radical (unpaired) electrons. The number of amides is 1. The lowest BCUT2D eigenvalue weighted by atomic mass is 10.1. The maximum atomic E-state index is 13.2. The van der Waals surface area contributed by atoms with Crippen molar-refractivity contribution < 1.29 is 17.9 Å². The van der Waals surface area contributed by atoms with Crippen LogP contribution in [-0.2, 0) is 23.0 Å². The minimum Gasteiger partial charge on any atom is -0.495 e. The normalized spacial score (nSPS) is 14.7. The highest BCUT2D eigenvalue weighted by Crippen LogP contribution is 2.28. The van der Waals surface area contributed by atoms with Crippen molar-refractivity contribution in [2.45, 2.75) is 24.8 Å². The Balaban J connectivity index is 1.48. The second kappa shape index (κ2) is 10.6. The lowest BCUT2D eigenvalue weighted by Crippen LogP contribution is -2.48. The molecule has 0 saturated carbocycles. The first kappa shape index (κ1) is 24.3. The van der Waals surface area contributed by atoms with Crippen molar-refractivity contribution >= 4 is 33.0 Å². The Morgan fingerprint density at radius 1 is 1.03 bits per heavy atom. The molecule has 180 valence electrons. The van der Waals surface area contributed by atoms with Crippen LogP contribution in [0.3, 0.4) is 0 Å². The number of hydrogen-bond acceptors (Lipinski definition) is 6. The molecule has 1 N–H and O–H groups in total. The fourth-order valence-electron chi connectivity index (χ4n) is 3.97.